The van der Waals surface area contributed by atoms with Crippen molar-refractivity contribution in [2.24, 2.45) is 0 Å². The summed E-state index contributed by atoms with van der Waals surface area (Å²) >= 11 is 0. The van der Waals surface area contributed by atoms with E-state index in [4.69, 9.17) is 14.2 Å². The highest BCUT2D eigenvalue weighted by Crippen LogP contribution is 2.29. The average Bonchev–Trinajstić information content (AvgIpc) is 3.47. The van der Waals surface area contributed by atoms with Gasteiger partial charge in [0.1, 0.15) is 11.9 Å². The molecule has 12 heteroatoms. The number of fused-ring (bicyclic) bond motifs is 7. The Morgan fingerprint density at radius 2 is 1.68 bits per heavy atom. The van der Waals surface area contributed by atoms with E-state index in [2.05, 4.69) is 10.6 Å². The van der Waals surface area contributed by atoms with Crippen molar-refractivity contribution >= 4 is 27.6 Å². The maximum absolute atomic E-state index is 14.0. The number of nitrogens with one attached hydrogen (secondary N) is 2. The van der Waals surface area contributed by atoms with Crippen LogP contribution in [0.5, 0.6) is 17.2 Å². The van der Waals surface area contributed by atoms with Gasteiger partial charge in [0.2, 0.25) is 0 Å². The summed E-state index contributed by atoms with van der Waals surface area (Å²) in [7, 11) is -2.41. The lowest BCUT2D eigenvalue weighted by Crippen LogP contribution is -2.45. The van der Waals surface area contributed by atoms with Crippen LogP contribution < -0.4 is 24.8 Å². The molecular weight excluding hydrogens is 622 g/mol. The zero-order valence-electron chi connectivity index (χ0n) is 25.5. The van der Waals surface area contributed by atoms with Crippen LogP contribution in [0.15, 0.2) is 102 Å². The molecule has 0 radical (unpaired) electrons. The minimum Gasteiger partial charge on any atom is -0.493 e. The molecule has 2 N–H and O–H groups in total. The number of sulfone groups is 1. The van der Waals surface area contributed by atoms with Crippen LogP contribution in [0.4, 0.5) is 0 Å². The molecule has 1 fully saturated rings. The Bertz CT molecular complexity index is 1900. The van der Waals surface area contributed by atoms with Crippen LogP contribution in [-0.4, -0.2) is 70.0 Å². The largest absolute Gasteiger partial charge is 0.493 e. The number of ether oxygens (including phenoxy) is 3. The van der Waals surface area contributed by atoms with Crippen molar-refractivity contribution in [1.29, 1.82) is 0 Å². The minimum atomic E-state index is -3.87. The van der Waals surface area contributed by atoms with Gasteiger partial charge < -0.3 is 29.7 Å². The van der Waals surface area contributed by atoms with Gasteiger partial charge in [-0.15, -0.1) is 0 Å². The molecular formula is C35H33N3O8S. The highest BCUT2D eigenvalue weighted by molar-refractivity contribution is 7.90. The molecule has 3 amide bonds. The minimum absolute atomic E-state index is 0.0481. The van der Waals surface area contributed by atoms with Gasteiger partial charge in [-0.2, -0.15) is 0 Å². The summed E-state index contributed by atoms with van der Waals surface area (Å²) in [5, 5.41) is 5.78. The van der Waals surface area contributed by atoms with Gasteiger partial charge in [0.05, 0.1) is 35.9 Å². The second-order valence-corrected chi connectivity index (χ2v) is 13.2. The molecule has 0 saturated carbocycles. The van der Waals surface area contributed by atoms with Gasteiger partial charge in [-0.05, 0) is 53.6 Å². The van der Waals surface area contributed by atoms with Crippen LogP contribution in [0.1, 0.15) is 31.8 Å². The number of rotatable bonds is 5. The SMILES string of the molecule is COc1ccc2cc1OCC(=O)NCc1ccc(cc1)O[C@H]1CN(C(=O)c3ccccc3S(=O)(=O)Cc3ccccc3)C[C@@H]1NC2=O. The van der Waals surface area contributed by atoms with Gasteiger partial charge in [-0.3, -0.25) is 14.4 Å². The lowest BCUT2D eigenvalue weighted by Gasteiger charge is -2.21. The maximum atomic E-state index is 14.0. The van der Waals surface area contributed by atoms with Crippen LogP contribution in [0.25, 0.3) is 0 Å². The Hall–Kier alpha value is -5.36. The van der Waals surface area contributed by atoms with Gasteiger partial charge in [0.25, 0.3) is 17.7 Å². The molecule has 242 valence electrons. The number of carbonyl (C=O) groups excluding carboxylic acids is 3. The molecule has 0 aliphatic carbocycles. The smallest absolute Gasteiger partial charge is 0.258 e. The third kappa shape index (κ3) is 7.23. The molecule has 0 unspecified atom stereocenters. The third-order valence-corrected chi connectivity index (χ3v) is 9.75. The van der Waals surface area contributed by atoms with E-state index >= 15 is 0 Å². The Labute approximate surface area is 272 Å². The Morgan fingerprint density at radius 3 is 2.45 bits per heavy atom. The Kier molecular flexibility index (Phi) is 9.12. The van der Waals surface area contributed by atoms with Crippen LogP contribution >= 0.6 is 0 Å². The molecule has 0 spiro atoms. The van der Waals surface area contributed by atoms with Gasteiger partial charge in [-0.1, -0.05) is 54.6 Å². The zero-order valence-corrected chi connectivity index (χ0v) is 26.4. The van der Waals surface area contributed by atoms with Crippen molar-refractivity contribution in [3.63, 3.8) is 0 Å². The monoisotopic (exact) mass is 655 g/mol. The molecule has 47 heavy (non-hydrogen) atoms. The number of benzene rings is 4. The van der Waals surface area contributed by atoms with Crippen LogP contribution in [0, 0.1) is 0 Å². The van der Waals surface area contributed by atoms with Gasteiger partial charge in [-0.25, -0.2) is 8.42 Å². The number of hydrogen-bond donors (Lipinski definition) is 2. The van der Waals surface area contributed by atoms with Crippen LogP contribution in [0.3, 0.4) is 0 Å². The van der Waals surface area contributed by atoms with Crippen molar-refractivity contribution in [2.75, 3.05) is 26.8 Å². The fraction of sp³-hybridized carbons (Fsp3) is 0.229. The standard InChI is InChI=1S/C35H33N3O8S/c1-44-29-16-13-25-17-30(29)45-21-33(39)36-18-23-11-14-26(15-12-23)46-31-20-38(19-28(31)37-34(25)40)35(41)27-9-5-6-10-32(27)47(42,43)22-24-7-3-2-4-8-24/h2-17,28,31H,18-22H2,1H3,(H,36,39)(H,37,40)/t28-,31-/m0/s1. The van der Waals surface area contributed by atoms with E-state index in [0.717, 1.165) is 5.56 Å². The summed E-state index contributed by atoms with van der Waals surface area (Å²) < 4.78 is 44.4. The van der Waals surface area contributed by atoms with E-state index in [1.54, 1.807) is 78.9 Å². The third-order valence-electron chi connectivity index (χ3n) is 8.01. The number of amides is 3. The predicted octanol–water partition coefficient (Wildman–Crippen LogP) is 3.38. The molecule has 7 rings (SSSR count). The first-order chi connectivity index (χ1) is 22.7. The first-order valence-corrected chi connectivity index (χ1v) is 16.6. The number of carbonyl (C=O) groups is 3. The summed E-state index contributed by atoms with van der Waals surface area (Å²) in [6.45, 7) is 0.136. The van der Waals surface area contributed by atoms with Gasteiger partial charge in [0.15, 0.2) is 27.9 Å². The molecule has 4 aromatic carbocycles. The average molecular weight is 656 g/mol. The van der Waals surface area contributed by atoms with Crippen molar-refractivity contribution in [3.8, 4) is 17.2 Å². The van der Waals surface area contributed by atoms with E-state index in [0.29, 0.717) is 17.1 Å². The van der Waals surface area contributed by atoms with Crippen molar-refractivity contribution in [2.45, 2.75) is 29.3 Å². The summed E-state index contributed by atoms with van der Waals surface area (Å²) in [5.74, 6) is -0.480. The molecule has 3 heterocycles. The molecule has 2 atom stereocenters. The zero-order chi connectivity index (χ0) is 33.0. The quantitative estimate of drug-likeness (QED) is 0.334. The number of nitrogens with zero attached hydrogens (tertiary/aromatic N) is 1. The maximum Gasteiger partial charge on any atom is 0.258 e. The van der Waals surface area contributed by atoms with E-state index in [1.165, 1.54) is 30.2 Å². The first kappa shape index (κ1) is 31.6. The summed E-state index contributed by atoms with van der Waals surface area (Å²) in [6.07, 6.45) is -0.661. The summed E-state index contributed by atoms with van der Waals surface area (Å²) in [6, 6.07) is 26.0. The first-order valence-electron chi connectivity index (χ1n) is 15.0. The molecule has 11 nitrogen and oxygen atoms in total. The van der Waals surface area contributed by atoms with Crippen LogP contribution in [-0.2, 0) is 26.9 Å². The summed E-state index contributed by atoms with van der Waals surface area (Å²) in [4.78, 5) is 41.4. The second kappa shape index (κ2) is 13.6. The Balaban J connectivity index is 1.30. The molecule has 3 aliphatic rings. The highest BCUT2D eigenvalue weighted by atomic mass is 32.2. The summed E-state index contributed by atoms with van der Waals surface area (Å²) in [5.41, 5.74) is 1.73. The molecule has 3 aliphatic heterocycles. The van der Waals surface area contributed by atoms with Crippen molar-refractivity contribution in [1.82, 2.24) is 15.5 Å². The van der Waals surface area contributed by atoms with Gasteiger partial charge in [0, 0.05) is 18.7 Å². The highest BCUT2D eigenvalue weighted by Gasteiger charge is 2.39. The van der Waals surface area contributed by atoms with E-state index in [1.807, 2.05) is 0 Å². The van der Waals surface area contributed by atoms with Gasteiger partial charge >= 0.3 is 0 Å². The molecule has 4 aromatic rings. The van der Waals surface area contributed by atoms with Crippen molar-refractivity contribution in [3.05, 3.63) is 119 Å². The molecule has 0 aromatic heterocycles. The fourth-order valence-electron chi connectivity index (χ4n) is 5.59. The Morgan fingerprint density at radius 1 is 0.936 bits per heavy atom. The number of likely N-dealkylation sites (tertiary alicyclic amines) is 1. The predicted molar refractivity (Wildman–Crippen MR) is 172 cm³/mol. The number of methoxy groups -OCH3 is 1. The number of hydrogen-bond acceptors (Lipinski definition) is 8. The molecule has 4 bridgehead atoms. The van der Waals surface area contributed by atoms with E-state index < -0.39 is 33.8 Å². The van der Waals surface area contributed by atoms with Crippen LogP contribution in [0.2, 0.25) is 0 Å². The van der Waals surface area contributed by atoms with Crippen molar-refractivity contribution < 1.29 is 37.0 Å². The lowest BCUT2D eigenvalue weighted by molar-refractivity contribution is -0.123. The van der Waals surface area contributed by atoms with E-state index in [-0.39, 0.29) is 59.7 Å². The fourth-order valence-corrected chi connectivity index (χ4v) is 7.16. The topological polar surface area (TPSA) is 140 Å². The van der Waals surface area contributed by atoms with E-state index in [9.17, 15) is 22.8 Å². The lowest BCUT2D eigenvalue weighted by atomic mass is 10.1. The normalized spacial score (nSPS) is 18.2. The molecule has 1 saturated heterocycles. The second-order valence-electron chi connectivity index (χ2n) is 11.3.